The summed E-state index contributed by atoms with van der Waals surface area (Å²) >= 11 is 0. The standard InChI is InChI=1S/C25H23F2N3O2S/c1-17-7-9-19(10-8-17)22-23(20-11-13-21(14-12-20)33(28,31)32)29-30(24(22)25(26)27)16-15-18-5-3-2-4-6-18/h2-14,25H,15-16H2,1H3,(H2,28,31,32). The number of hydrogen-bond acceptors (Lipinski definition) is 3. The molecule has 0 fully saturated rings. The predicted octanol–water partition coefficient (Wildman–Crippen LogP) is 5.35. The molecule has 0 aliphatic heterocycles. The van der Waals surface area contributed by atoms with Crippen LogP contribution >= 0.6 is 0 Å². The molecule has 4 rings (SSSR count). The van der Waals surface area contributed by atoms with E-state index in [-0.39, 0.29) is 17.1 Å². The minimum atomic E-state index is -3.87. The second-order valence-electron chi connectivity index (χ2n) is 7.80. The molecule has 0 unspecified atom stereocenters. The van der Waals surface area contributed by atoms with Crippen molar-refractivity contribution in [2.24, 2.45) is 5.14 Å². The molecule has 0 amide bonds. The minimum Gasteiger partial charge on any atom is -0.262 e. The van der Waals surface area contributed by atoms with E-state index in [2.05, 4.69) is 5.10 Å². The highest BCUT2D eigenvalue weighted by Crippen LogP contribution is 2.39. The molecule has 170 valence electrons. The summed E-state index contributed by atoms with van der Waals surface area (Å²) in [6.07, 6.45) is -2.21. The Morgan fingerprint density at radius 2 is 1.52 bits per heavy atom. The van der Waals surface area contributed by atoms with Gasteiger partial charge in [-0.1, -0.05) is 72.3 Å². The van der Waals surface area contributed by atoms with Gasteiger partial charge in [-0.15, -0.1) is 0 Å². The van der Waals surface area contributed by atoms with Gasteiger partial charge in [0.05, 0.1) is 4.90 Å². The van der Waals surface area contributed by atoms with E-state index in [0.717, 1.165) is 11.1 Å². The van der Waals surface area contributed by atoms with Gasteiger partial charge in [0, 0.05) is 17.7 Å². The molecular formula is C25H23F2N3O2S. The zero-order chi connectivity index (χ0) is 23.6. The van der Waals surface area contributed by atoms with Gasteiger partial charge >= 0.3 is 0 Å². The summed E-state index contributed by atoms with van der Waals surface area (Å²) in [5.74, 6) is 0. The fourth-order valence-electron chi connectivity index (χ4n) is 3.76. The zero-order valence-corrected chi connectivity index (χ0v) is 18.8. The molecule has 0 atom stereocenters. The average Bonchev–Trinajstić information content (AvgIpc) is 3.18. The number of benzene rings is 3. The molecule has 0 aliphatic rings. The number of nitrogens with two attached hydrogens (primary N) is 1. The third-order valence-corrected chi connectivity index (χ3v) is 6.38. The molecule has 33 heavy (non-hydrogen) atoms. The highest BCUT2D eigenvalue weighted by Gasteiger charge is 2.26. The van der Waals surface area contributed by atoms with Crippen LogP contribution in [0.2, 0.25) is 0 Å². The molecule has 3 aromatic carbocycles. The number of hydrogen-bond donors (Lipinski definition) is 1. The van der Waals surface area contributed by atoms with Crippen molar-refractivity contribution in [3.05, 3.63) is 95.7 Å². The van der Waals surface area contributed by atoms with Crippen LogP contribution in [0, 0.1) is 6.92 Å². The third kappa shape index (κ3) is 5.02. The number of halogens is 2. The Balaban J connectivity index is 1.85. The van der Waals surface area contributed by atoms with E-state index in [0.29, 0.717) is 28.8 Å². The van der Waals surface area contributed by atoms with E-state index in [1.807, 2.05) is 49.4 Å². The number of sulfonamides is 1. The molecule has 1 heterocycles. The predicted molar refractivity (Wildman–Crippen MR) is 124 cm³/mol. The molecule has 2 N–H and O–H groups in total. The fourth-order valence-corrected chi connectivity index (χ4v) is 4.27. The van der Waals surface area contributed by atoms with Crippen LogP contribution in [0.5, 0.6) is 0 Å². The Hall–Kier alpha value is -3.36. The van der Waals surface area contributed by atoms with Crippen molar-refractivity contribution in [2.45, 2.75) is 31.2 Å². The fraction of sp³-hybridized carbons (Fsp3) is 0.160. The van der Waals surface area contributed by atoms with Gasteiger partial charge < -0.3 is 0 Å². The number of primary sulfonamides is 1. The highest BCUT2D eigenvalue weighted by atomic mass is 32.2. The van der Waals surface area contributed by atoms with Gasteiger partial charge in [0.15, 0.2) is 0 Å². The summed E-state index contributed by atoms with van der Waals surface area (Å²) in [6, 6.07) is 22.7. The smallest absolute Gasteiger partial charge is 0.262 e. The maximum absolute atomic E-state index is 14.4. The van der Waals surface area contributed by atoms with Crippen molar-refractivity contribution in [3.63, 3.8) is 0 Å². The summed E-state index contributed by atoms with van der Waals surface area (Å²) in [4.78, 5) is -0.0549. The van der Waals surface area contributed by atoms with E-state index >= 15 is 0 Å². The second-order valence-corrected chi connectivity index (χ2v) is 9.37. The Bertz CT molecular complexity index is 1350. The molecule has 1 aromatic heterocycles. The number of aromatic nitrogens is 2. The third-order valence-electron chi connectivity index (χ3n) is 5.45. The molecule has 0 aliphatic carbocycles. The summed E-state index contributed by atoms with van der Waals surface area (Å²) in [7, 11) is -3.87. The largest absolute Gasteiger partial charge is 0.280 e. The van der Waals surface area contributed by atoms with Crippen LogP contribution in [-0.4, -0.2) is 18.2 Å². The SMILES string of the molecule is Cc1ccc(-c2c(-c3ccc(S(N)(=O)=O)cc3)nn(CCc3ccccc3)c2C(F)F)cc1. The van der Waals surface area contributed by atoms with Gasteiger partial charge in [0.25, 0.3) is 6.43 Å². The molecule has 5 nitrogen and oxygen atoms in total. The molecule has 0 radical (unpaired) electrons. The summed E-state index contributed by atoms with van der Waals surface area (Å²) in [5, 5.41) is 9.76. The van der Waals surface area contributed by atoms with Gasteiger partial charge in [0.1, 0.15) is 11.4 Å². The summed E-state index contributed by atoms with van der Waals surface area (Å²) in [5.41, 5.74) is 3.70. The van der Waals surface area contributed by atoms with Crippen molar-refractivity contribution in [1.29, 1.82) is 0 Å². The van der Waals surface area contributed by atoms with E-state index in [4.69, 9.17) is 5.14 Å². The van der Waals surface area contributed by atoms with Crippen molar-refractivity contribution < 1.29 is 17.2 Å². The molecule has 0 bridgehead atoms. The van der Waals surface area contributed by atoms with E-state index in [9.17, 15) is 17.2 Å². The Morgan fingerprint density at radius 1 is 0.909 bits per heavy atom. The van der Waals surface area contributed by atoms with Gasteiger partial charge in [0.2, 0.25) is 10.0 Å². The van der Waals surface area contributed by atoms with Crippen LogP contribution in [0.25, 0.3) is 22.4 Å². The van der Waals surface area contributed by atoms with Gasteiger partial charge in [-0.3, -0.25) is 4.68 Å². The van der Waals surface area contributed by atoms with Gasteiger partial charge in [-0.05, 0) is 36.6 Å². The van der Waals surface area contributed by atoms with E-state index in [1.165, 1.54) is 28.9 Å². The van der Waals surface area contributed by atoms with Crippen molar-refractivity contribution in [1.82, 2.24) is 9.78 Å². The number of aryl methyl sites for hydroxylation is 3. The summed E-state index contributed by atoms with van der Waals surface area (Å²) < 4.78 is 53.4. The average molecular weight is 468 g/mol. The van der Waals surface area contributed by atoms with Crippen molar-refractivity contribution in [2.75, 3.05) is 0 Å². The normalized spacial score (nSPS) is 11.8. The molecule has 4 aromatic rings. The first-order chi connectivity index (χ1) is 15.7. The summed E-state index contributed by atoms with van der Waals surface area (Å²) in [6.45, 7) is 2.20. The van der Waals surface area contributed by atoms with E-state index in [1.54, 1.807) is 12.1 Å². The number of alkyl halides is 2. The Morgan fingerprint density at radius 3 is 2.09 bits per heavy atom. The first kappa shape index (κ1) is 22.8. The van der Waals surface area contributed by atoms with E-state index < -0.39 is 16.4 Å². The maximum atomic E-state index is 14.4. The zero-order valence-electron chi connectivity index (χ0n) is 17.9. The topological polar surface area (TPSA) is 78.0 Å². The molecule has 0 saturated heterocycles. The molecule has 0 spiro atoms. The van der Waals surface area contributed by atoms with Gasteiger partial charge in [-0.2, -0.15) is 5.10 Å². The Labute approximate surface area is 191 Å². The quantitative estimate of drug-likeness (QED) is 0.398. The van der Waals surface area contributed by atoms with Crippen molar-refractivity contribution in [3.8, 4) is 22.4 Å². The molecular weight excluding hydrogens is 444 g/mol. The van der Waals surface area contributed by atoms with Crippen molar-refractivity contribution >= 4 is 10.0 Å². The maximum Gasteiger partial charge on any atom is 0.280 e. The Kier molecular flexibility index (Phi) is 6.40. The molecule has 8 heteroatoms. The minimum absolute atomic E-state index is 0.0549. The first-order valence-electron chi connectivity index (χ1n) is 10.4. The second kappa shape index (κ2) is 9.25. The van der Waals surface area contributed by atoms with Crippen LogP contribution in [0.3, 0.4) is 0 Å². The monoisotopic (exact) mass is 467 g/mol. The highest BCUT2D eigenvalue weighted by molar-refractivity contribution is 7.89. The first-order valence-corrected chi connectivity index (χ1v) is 11.9. The van der Waals surface area contributed by atoms with Gasteiger partial charge in [-0.25, -0.2) is 22.3 Å². The van der Waals surface area contributed by atoms with Crippen LogP contribution in [0.15, 0.2) is 83.8 Å². The van der Waals surface area contributed by atoms with Crippen LogP contribution in [0.1, 0.15) is 23.2 Å². The molecule has 0 saturated carbocycles. The number of nitrogens with zero attached hydrogens (tertiary/aromatic N) is 2. The lowest BCUT2D eigenvalue weighted by Gasteiger charge is -2.10. The number of rotatable bonds is 7. The van der Waals surface area contributed by atoms with Crippen LogP contribution in [0.4, 0.5) is 8.78 Å². The van der Waals surface area contributed by atoms with Crippen LogP contribution < -0.4 is 5.14 Å². The lowest BCUT2D eigenvalue weighted by atomic mass is 9.98. The lowest BCUT2D eigenvalue weighted by Crippen LogP contribution is -2.11. The van der Waals surface area contributed by atoms with Crippen LogP contribution in [-0.2, 0) is 23.0 Å². The lowest BCUT2D eigenvalue weighted by molar-refractivity contribution is 0.139.